The number of nitrogens with one attached hydrogen (secondary N) is 1. The first-order chi connectivity index (χ1) is 10.5. The highest BCUT2D eigenvalue weighted by molar-refractivity contribution is 5.95. The molecule has 1 aromatic heterocycles. The number of rotatable bonds is 5. The molecule has 7 heteroatoms. The second kappa shape index (κ2) is 5.25. The number of anilines is 1. The molecule has 1 aliphatic carbocycles. The number of aromatic nitrogens is 2. The number of ketones is 1. The average Bonchev–Trinajstić information content (AvgIpc) is 3.09. The van der Waals surface area contributed by atoms with Gasteiger partial charge < -0.3 is 9.88 Å². The fourth-order valence-electron chi connectivity index (χ4n) is 2.63. The second-order valence-electron chi connectivity index (χ2n) is 5.57. The smallest absolute Gasteiger partial charge is 0.293 e. The van der Waals surface area contributed by atoms with Crippen molar-refractivity contribution in [2.24, 2.45) is 7.05 Å². The Morgan fingerprint density at radius 2 is 2.27 bits per heavy atom. The molecular weight excluding hydrogens is 284 g/mol. The van der Waals surface area contributed by atoms with Gasteiger partial charge in [0, 0.05) is 42.5 Å². The van der Waals surface area contributed by atoms with E-state index in [1.807, 2.05) is 17.8 Å². The Balaban J connectivity index is 1.80. The van der Waals surface area contributed by atoms with Crippen molar-refractivity contribution in [2.45, 2.75) is 25.3 Å². The van der Waals surface area contributed by atoms with E-state index in [1.54, 1.807) is 18.5 Å². The highest BCUT2D eigenvalue weighted by Gasteiger charge is 2.41. The van der Waals surface area contributed by atoms with E-state index in [9.17, 15) is 14.9 Å². The number of hydrogen-bond acceptors (Lipinski definition) is 5. The molecule has 3 rings (SSSR count). The van der Waals surface area contributed by atoms with Crippen LogP contribution in [0, 0.1) is 10.1 Å². The Morgan fingerprint density at radius 3 is 2.86 bits per heavy atom. The third-order valence-electron chi connectivity index (χ3n) is 3.97. The summed E-state index contributed by atoms with van der Waals surface area (Å²) in [6, 6.07) is 4.69. The summed E-state index contributed by atoms with van der Waals surface area (Å²) in [5.41, 5.74) is 1.84. The van der Waals surface area contributed by atoms with Crippen LogP contribution in [0.15, 0.2) is 30.7 Å². The molecule has 0 amide bonds. The average molecular weight is 300 g/mol. The number of Topliss-reactive ketones (excluding diaryl/α,β-unsaturated/α-hetero) is 1. The lowest BCUT2D eigenvalue weighted by Gasteiger charge is -2.08. The van der Waals surface area contributed by atoms with Crippen LogP contribution in [-0.4, -0.2) is 26.3 Å². The molecule has 1 aliphatic rings. The van der Waals surface area contributed by atoms with Crippen LogP contribution < -0.4 is 5.32 Å². The normalized spacial score (nSPS) is 19.7. The van der Waals surface area contributed by atoms with Crippen LogP contribution >= 0.6 is 0 Å². The van der Waals surface area contributed by atoms with E-state index < -0.39 is 4.92 Å². The number of imidazole rings is 1. The van der Waals surface area contributed by atoms with Gasteiger partial charge in [-0.2, -0.15) is 0 Å². The molecule has 2 aromatic rings. The summed E-state index contributed by atoms with van der Waals surface area (Å²) in [7, 11) is 1.93. The summed E-state index contributed by atoms with van der Waals surface area (Å²) < 4.78 is 1.96. The van der Waals surface area contributed by atoms with Gasteiger partial charge in [0.1, 0.15) is 5.69 Å². The maximum atomic E-state index is 11.4. The number of carbonyl (C=O) groups excluding carboxylic acids is 1. The minimum atomic E-state index is -0.462. The molecule has 1 N–H and O–H groups in total. The molecule has 0 radical (unpaired) electrons. The number of hydrogen-bond donors (Lipinski definition) is 1. The molecule has 7 nitrogen and oxygen atoms in total. The van der Waals surface area contributed by atoms with Gasteiger partial charge in [-0.15, -0.1) is 0 Å². The lowest BCUT2D eigenvalue weighted by molar-refractivity contribution is -0.384. The lowest BCUT2D eigenvalue weighted by Crippen LogP contribution is -2.08. The Hall–Kier alpha value is -2.70. The van der Waals surface area contributed by atoms with Crippen molar-refractivity contribution in [3.8, 4) is 0 Å². The molecule has 0 aliphatic heterocycles. The summed E-state index contributed by atoms with van der Waals surface area (Å²) in [5.74, 6) is 0.119. The van der Waals surface area contributed by atoms with Gasteiger partial charge in [0.2, 0.25) is 0 Å². The van der Waals surface area contributed by atoms with Crippen molar-refractivity contribution in [3.63, 3.8) is 0 Å². The lowest BCUT2D eigenvalue weighted by atomic mass is 10.1. The molecule has 1 fully saturated rings. The standard InChI is InChI=1S/C15H16N4O3/c1-9(20)10-3-4-12(14(5-10)19(21)22)17-13-6-11(13)15-7-16-8-18(15)2/h3-5,7-8,11,13,17H,6H2,1-2H3/t11-,13-/m1/s1. The predicted octanol–water partition coefficient (Wildman–Crippen LogP) is 2.50. The molecule has 2 atom stereocenters. The van der Waals surface area contributed by atoms with Crippen LogP contribution in [0.1, 0.15) is 35.3 Å². The zero-order valence-corrected chi connectivity index (χ0v) is 12.3. The highest BCUT2D eigenvalue weighted by atomic mass is 16.6. The van der Waals surface area contributed by atoms with Gasteiger partial charge >= 0.3 is 0 Å². The monoisotopic (exact) mass is 300 g/mol. The van der Waals surface area contributed by atoms with Crippen LogP contribution in [0.4, 0.5) is 11.4 Å². The molecule has 1 saturated carbocycles. The first-order valence-corrected chi connectivity index (χ1v) is 6.99. The molecule has 0 spiro atoms. The third-order valence-corrected chi connectivity index (χ3v) is 3.97. The third kappa shape index (κ3) is 2.57. The summed E-state index contributed by atoms with van der Waals surface area (Å²) in [4.78, 5) is 26.2. The maximum Gasteiger partial charge on any atom is 0.293 e. The van der Waals surface area contributed by atoms with Crippen molar-refractivity contribution >= 4 is 17.2 Å². The number of benzene rings is 1. The summed E-state index contributed by atoms with van der Waals surface area (Å²) in [5, 5.41) is 14.4. The largest absolute Gasteiger partial charge is 0.376 e. The topological polar surface area (TPSA) is 90.1 Å². The number of nitro groups is 1. The molecular formula is C15H16N4O3. The second-order valence-corrected chi connectivity index (χ2v) is 5.57. The molecule has 22 heavy (non-hydrogen) atoms. The van der Waals surface area contributed by atoms with E-state index in [-0.39, 0.29) is 17.5 Å². The van der Waals surface area contributed by atoms with E-state index in [0.717, 1.165) is 12.1 Å². The van der Waals surface area contributed by atoms with Gasteiger partial charge in [0.05, 0.1) is 11.3 Å². The summed E-state index contributed by atoms with van der Waals surface area (Å²) >= 11 is 0. The first-order valence-electron chi connectivity index (χ1n) is 6.99. The highest BCUT2D eigenvalue weighted by Crippen LogP contribution is 2.43. The van der Waals surface area contributed by atoms with Crippen LogP contribution in [0.2, 0.25) is 0 Å². The minimum Gasteiger partial charge on any atom is -0.376 e. The van der Waals surface area contributed by atoms with Crippen molar-refractivity contribution < 1.29 is 9.72 Å². The maximum absolute atomic E-state index is 11.4. The van der Waals surface area contributed by atoms with E-state index in [0.29, 0.717) is 17.2 Å². The molecule has 0 saturated heterocycles. The van der Waals surface area contributed by atoms with Crippen LogP contribution in [0.5, 0.6) is 0 Å². The van der Waals surface area contributed by atoms with Crippen molar-refractivity contribution in [1.29, 1.82) is 0 Å². The van der Waals surface area contributed by atoms with E-state index in [2.05, 4.69) is 10.3 Å². The van der Waals surface area contributed by atoms with Gasteiger partial charge in [-0.05, 0) is 25.5 Å². The van der Waals surface area contributed by atoms with E-state index >= 15 is 0 Å². The Bertz CT molecular complexity index is 753. The number of aryl methyl sites for hydroxylation is 1. The van der Waals surface area contributed by atoms with Crippen molar-refractivity contribution in [2.75, 3.05) is 5.32 Å². The van der Waals surface area contributed by atoms with Gasteiger partial charge in [-0.25, -0.2) is 4.98 Å². The summed E-state index contributed by atoms with van der Waals surface area (Å²) in [6.45, 7) is 1.39. The van der Waals surface area contributed by atoms with Crippen LogP contribution in [0.25, 0.3) is 0 Å². The van der Waals surface area contributed by atoms with Gasteiger partial charge in [0.15, 0.2) is 5.78 Å². The number of carbonyl (C=O) groups is 1. The van der Waals surface area contributed by atoms with Gasteiger partial charge in [-0.1, -0.05) is 0 Å². The molecule has 1 aromatic carbocycles. The predicted molar refractivity (Wildman–Crippen MR) is 81.1 cm³/mol. The molecule has 114 valence electrons. The number of nitro benzene ring substituents is 1. The Labute approximate surface area is 127 Å². The van der Waals surface area contributed by atoms with Gasteiger partial charge in [-0.3, -0.25) is 14.9 Å². The first kappa shape index (κ1) is 14.2. The van der Waals surface area contributed by atoms with E-state index in [4.69, 9.17) is 0 Å². The molecule has 0 bridgehead atoms. The van der Waals surface area contributed by atoms with Crippen molar-refractivity contribution in [3.05, 3.63) is 52.1 Å². The minimum absolute atomic E-state index is 0.0663. The summed E-state index contributed by atoms with van der Waals surface area (Å²) in [6.07, 6.45) is 4.47. The SMILES string of the molecule is CC(=O)c1ccc(N[C@@H]2C[C@H]2c2cncn2C)c([N+](=O)[O-])c1. The number of nitrogens with zero attached hydrogens (tertiary/aromatic N) is 3. The molecule has 1 heterocycles. The molecule has 0 unspecified atom stereocenters. The Morgan fingerprint density at radius 1 is 1.50 bits per heavy atom. The quantitative estimate of drug-likeness (QED) is 0.520. The van der Waals surface area contributed by atoms with Crippen LogP contribution in [-0.2, 0) is 7.05 Å². The fraction of sp³-hybridized carbons (Fsp3) is 0.333. The fourth-order valence-corrected chi connectivity index (χ4v) is 2.63. The van der Waals surface area contributed by atoms with E-state index in [1.165, 1.54) is 13.0 Å². The van der Waals surface area contributed by atoms with Crippen molar-refractivity contribution in [1.82, 2.24) is 9.55 Å². The van der Waals surface area contributed by atoms with Crippen LogP contribution in [0.3, 0.4) is 0 Å². The Kier molecular flexibility index (Phi) is 3.40. The van der Waals surface area contributed by atoms with Gasteiger partial charge in [0.25, 0.3) is 5.69 Å². The zero-order chi connectivity index (χ0) is 15.9. The zero-order valence-electron chi connectivity index (χ0n) is 12.3.